The third kappa shape index (κ3) is 2.05. The van der Waals surface area contributed by atoms with Crippen LogP contribution in [-0.4, -0.2) is 11.5 Å². The van der Waals surface area contributed by atoms with E-state index < -0.39 is 0 Å². The van der Waals surface area contributed by atoms with Crippen LogP contribution in [0.15, 0.2) is 18.3 Å². The summed E-state index contributed by atoms with van der Waals surface area (Å²) in [7, 11) is 0. The van der Waals surface area contributed by atoms with E-state index in [1.165, 1.54) is 0 Å². The lowest BCUT2D eigenvalue weighted by Crippen LogP contribution is -2.00. The molecule has 1 N–H and O–H groups in total. The standard InChI is InChI=1S/C8H11N2/c1-2-6-9-8-5-3-4-7-10-8/h4-5,7H,2,6H2,1H3,(H,9,10). The van der Waals surface area contributed by atoms with Crippen molar-refractivity contribution in [2.45, 2.75) is 13.3 Å². The molecular weight excluding hydrogens is 124 g/mol. The molecule has 53 valence electrons. The minimum absolute atomic E-state index is 0.907. The van der Waals surface area contributed by atoms with Crippen LogP contribution in [-0.2, 0) is 0 Å². The van der Waals surface area contributed by atoms with E-state index in [1.807, 2.05) is 6.07 Å². The van der Waals surface area contributed by atoms with Crippen molar-refractivity contribution in [1.29, 1.82) is 0 Å². The highest BCUT2D eigenvalue weighted by molar-refractivity contribution is 5.32. The van der Waals surface area contributed by atoms with Gasteiger partial charge < -0.3 is 5.32 Å². The molecule has 1 aromatic heterocycles. The van der Waals surface area contributed by atoms with Crippen LogP contribution in [0, 0.1) is 6.07 Å². The maximum absolute atomic E-state index is 4.07. The third-order valence-electron chi connectivity index (χ3n) is 1.16. The van der Waals surface area contributed by atoms with Crippen molar-refractivity contribution >= 4 is 5.82 Å². The zero-order chi connectivity index (χ0) is 7.23. The number of anilines is 1. The smallest absolute Gasteiger partial charge is 0.126 e. The van der Waals surface area contributed by atoms with Crippen LogP contribution in [0.2, 0.25) is 0 Å². The molecule has 0 saturated heterocycles. The van der Waals surface area contributed by atoms with Crippen molar-refractivity contribution in [3.63, 3.8) is 0 Å². The lowest BCUT2D eigenvalue weighted by Gasteiger charge is -2.00. The zero-order valence-electron chi connectivity index (χ0n) is 6.09. The molecule has 0 saturated carbocycles. The molecule has 0 fully saturated rings. The first-order valence-corrected chi connectivity index (χ1v) is 3.49. The average molecular weight is 135 g/mol. The van der Waals surface area contributed by atoms with Crippen LogP contribution in [0.4, 0.5) is 5.82 Å². The molecule has 2 heteroatoms. The number of hydrogen-bond acceptors (Lipinski definition) is 2. The van der Waals surface area contributed by atoms with Crippen molar-refractivity contribution in [1.82, 2.24) is 4.98 Å². The van der Waals surface area contributed by atoms with Gasteiger partial charge in [-0.25, -0.2) is 4.98 Å². The first kappa shape index (κ1) is 7.06. The molecule has 0 aliphatic carbocycles. The summed E-state index contributed by atoms with van der Waals surface area (Å²) >= 11 is 0. The topological polar surface area (TPSA) is 24.9 Å². The maximum atomic E-state index is 4.07. The molecule has 0 aromatic carbocycles. The molecule has 0 atom stereocenters. The second kappa shape index (κ2) is 3.88. The third-order valence-corrected chi connectivity index (χ3v) is 1.16. The van der Waals surface area contributed by atoms with Gasteiger partial charge in [-0.15, -0.1) is 0 Å². The Morgan fingerprint density at radius 1 is 1.70 bits per heavy atom. The molecule has 0 spiro atoms. The van der Waals surface area contributed by atoms with E-state index in [2.05, 4.69) is 23.3 Å². The van der Waals surface area contributed by atoms with Crippen LogP contribution < -0.4 is 5.32 Å². The van der Waals surface area contributed by atoms with Crippen LogP contribution >= 0.6 is 0 Å². The largest absolute Gasteiger partial charge is 0.370 e. The molecule has 1 heterocycles. The van der Waals surface area contributed by atoms with E-state index >= 15 is 0 Å². The molecule has 0 unspecified atom stereocenters. The van der Waals surface area contributed by atoms with Crippen LogP contribution in [0.25, 0.3) is 0 Å². The lowest BCUT2D eigenvalue weighted by atomic mass is 10.4. The normalized spacial score (nSPS) is 9.30. The lowest BCUT2D eigenvalue weighted by molar-refractivity contribution is 0.969. The van der Waals surface area contributed by atoms with Gasteiger partial charge >= 0.3 is 0 Å². The molecule has 1 rings (SSSR count). The highest BCUT2D eigenvalue weighted by Crippen LogP contribution is 1.97. The van der Waals surface area contributed by atoms with E-state index in [4.69, 9.17) is 0 Å². The summed E-state index contributed by atoms with van der Waals surface area (Å²) in [5.74, 6) is 0.907. The number of nitrogens with zero attached hydrogens (tertiary/aromatic N) is 1. The predicted molar refractivity (Wildman–Crippen MR) is 41.9 cm³/mol. The fourth-order valence-corrected chi connectivity index (χ4v) is 0.675. The van der Waals surface area contributed by atoms with Gasteiger partial charge in [0.25, 0.3) is 0 Å². The second-order valence-corrected chi connectivity index (χ2v) is 2.07. The molecule has 1 radical (unpaired) electrons. The summed E-state index contributed by atoms with van der Waals surface area (Å²) in [4.78, 5) is 4.07. The Morgan fingerprint density at radius 3 is 3.20 bits per heavy atom. The van der Waals surface area contributed by atoms with Gasteiger partial charge in [-0.2, -0.15) is 0 Å². The van der Waals surface area contributed by atoms with Crippen molar-refractivity contribution in [3.8, 4) is 0 Å². The number of rotatable bonds is 3. The van der Waals surface area contributed by atoms with Gasteiger partial charge in [0.15, 0.2) is 0 Å². The van der Waals surface area contributed by atoms with Crippen molar-refractivity contribution in [3.05, 3.63) is 24.4 Å². The van der Waals surface area contributed by atoms with E-state index in [9.17, 15) is 0 Å². The molecule has 0 aliphatic heterocycles. The van der Waals surface area contributed by atoms with Crippen molar-refractivity contribution in [2.24, 2.45) is 0 Å². The van der Waals surface area contributed by atoms with E-state index in [-0.39, 0.29) is 0 Å². The Hall–Kier alpha value is -1.05. The summed E-state index contributed by atoms with van der Waals surface area (Å²) < 4.78 is 0. The van der Waals surface area contributed by atoms with E-state index in [0.717, 1.165) is 18.8 Å². The molecule has 0 bridgehead atoms. The first-order valence-electron chi connectivity index (χ1n) is 3.49. The fourth-order valence-electron chi connectivity index (χ4n) is 0.675. The Kier molecular flexibility index (Phi) is 2.74. The predicted octanol–water partition coefficient (Wildman–Crippen LogP) is 1.70. The highest BCUT2D eigenvalue weighted by Gasteiger charge is 1.86. The SMILES string of the molecule is CCCNc1c[c]ccn1. The van der Waals surface area contributed by atoms with Crippen LogP contribution in [0.1, 0.15) is 13.3 Å². The number of aromatic nitrogens is 1. The van der Waals surface area contributed by atoms with Crippen molar-refractivity contribution < 1.29 is 0 Å². The number of nitrogens with one attached hydrogen (secondary N) is 1. The summed E-state index contributed by atoms with van der Waals surface area (Å²) in [6, 6.07) is 6.58. The Balaban J connectivity index is 2.43. The maximum Gasteiger partial charge on any atom is 0.126 e. The van der Waals surface area contributed by atoms with Crippen LogP contribution in [0.5, 0.6) is 0 Å². The minimum Gasteiger partial charge on any atom is -0.370 e. The van der Waals surface area contributed by atoms with Gasteiger partial charge in [0, 0.05) is 12.7 Å². The molecular formula is C8H11N2. The van der Waals surface area contributed by atoms with Gasteiger partial charge in [-0.3, -0.25) is 0 Å². The molecule has 0 amide bonds. The average Bonchev–Trinajstić information content (AvgIpc) is 2.03. The summed E-state index contributed by atoms with van der Waals surface area (Å²) in [5.41, 5.74) is 0. The van der Waals surface area contributed by atoms with Gasteiger partial charge in [0.1, 0.15) is 5.82 Å². The van der Waals surface area contributed by atoms with E-state index in [1.54, 1.807) is 12.3 Å². The molecule has 0 aliphatic rings. The minimum atomic E-state index is 0.907. The summed E-state index contributed by atoms with van der Waals surface area (Å²) in [6.07, 6.45) is 2.86. The summed E-state index contributed by atoms with van der Waals surface area (Å²) in [5, 5.41) is 3.15. The molecule has 10 heavy (non-hydrogen) atoms. The van der Waals surface area contributed by atoms with Gasteiger partial charge in [-0.1, -0.05) is 6.92 Å². The second-order valence-electron chi connectivity index (χ2n) is 2.07. The fraction of sp³-hybridized carbons (Fsp3) is 0.375. The highest BCUT2D eigenvalue weighted by atomic mass is 15.0. The first-order chi connectivity index (χ1) is 4.93. The summed E-state index contributed by atoms with van der Waals surface area (Å²) in [6.45, 7) is 3.10. The van der Waals surface area contributed by atoms with Gasteiger partial charge in [0.05, 0.1) is 0 Å². The van der Waals surface area contributed by atoms with Crippen LogP contribution in [0.3, 0.4) is 0 Å². The number of hydrogen-bond donors (Lipinski definition) is 1. The monoisotopic (exact) mass is 135 g/mol. The van der Waals surface area contributed by atoms with Crippen molar-refractivity contribution in [2.75, 3.05) is 11.9 Å². The quantitative estimate of drug-likeness (QED) is 0.682. The van der Waals surface area contributed by atoms with Gasteiger partial charge in [0.2, 0.25) is 0 Å². The van der Waals surface area contributed by atoms with Gasteiger partial charge in [-0.05, 0) is 24.6 Å². The zero-order valence-corrected chi connectivity index (χ0v) is 6.09. The Labute approximate surface area is 61.3 Å². The Morgan fingerprint density at radius 2 is 2.60 bits per heavy atom. The molecule has 2 nitrogen and oxygen atoms in total. The molecule has 1 aromatic rings. The number of pyridine rings is 1. The van der Waals surface area contributed by atoms with E-state index in [0.29, 0.717) is 0 Å². The Bertz CT molecular complexity index is 172.